The molecule has 2 nitrogen and oxygen atoms in total. The Labute approximate surface area is 116 Å². The van der Waals surface area contributed by atoms with Crippen molar-refractivity contribution in [3.05, 3.63) is 35.4 Å². The van der Waals surface area contributed by atoms with Gasteiger partial charge < -0.3 is 4.90 Å². The smallest absolute Gasteiger partial charge is 0.253 e. The van der Waals surface area contributed by atoms with Crippen molar-refractivity contribution >= 4 is 5.91 Å². The van der Waals surface area contributed by atoms with Gasteiger partial charge in [0.2, 0.25) is 0 Å². The zero-order valence-electron chi connectivity index (χ0n) is 12.4. The minimum Gasteiger partial charge on any atom is -0.339 e. The van der Waals surface area contributed by atoms with Crippen LogP contribution in [0, 0.1) is 5.41 Å². The van der Waals surface area contributed by atoms with Crippen molar-refractivity contribution in [3.8, 4) is 0 Å². The summed E-state index contributed by atoms with van der Waals surface area (Å²) < 4.78 is 0. The van der Waals surface area contributed by atoms with Crippen LogP contribution in [0.25, 0.3) is 0 Å². The molecule has 1 aromatic rings. The summed E-state index contributed by atoms with van der Waals surface area (Å²) in [6.07, 6.45) is 4.60. The first-order chi connectivity index (χ1) is 8.96. The maximum atomic E-state index is 12.3. The van der Waals surface area contributed by atoms with E-state index in [-0.39, 0.29) is 5.91 Å². The van der Waals surface area contributed by atoms with Crippen LogP contribution in [-0.4, -0.2) is 23.9 Å². The van der Waals surface area contributed by atoms with Gasteiger partial charge in [0.05, 0.1) is 0 Å². The zero-order valence-corrected chi connectivity index (χ0v) is 12.4. The van der Waals surface area contributed by atoms with Crippen molar-refractivity contribution in [2.45, 2.75) is 46.5 Å². The number of amides is 1. The third-order valence-corrected chi connectivity index (χ3v) is 3.58. The highest BCUT2D eigenvalue weighted by molar-refractivity contribution is 5.94. The van der Waals surface area contributed by atoms with Crippen LogP contribution in [0.4, 0.5) is 0 Å². The SMILES string of the molecule is CC(C)(C)Cc1ccc(C(=O)N2CCCCC2)cc1. The predicted octanol–water partition coefficient (Wildman–Crippen LogP) is 3.90. The summed E-state index contributed by atoms with van der Waals surface area (Å²) in [6, 6.07) is 8.17. The number of carbonyl (C=O) groups is 1. The lowest BCUT2D eigenvalue weighted by Crippen LogP contribution is -2.35. The molecule has 0 radical (unpaired) electrons. The number of piperidine rings is 1. The van der Waals surface area contributed by atoms with Crippen LogP contribution in [0.2, 0.25) is 0 Å². The Bertz CT molecular complexity index is 422. The molecule has 1 fully saturated rings. The van der Waals surface area contributed by atoms with Gasteiger partial charge in [-0.05, 0) is 48.8 Å². The Hall–Kier alpha value is -1.31. The van der Waals surface area contributed by atoms with E-state index in [1.807, 2.05) is 17.0 Å². The van der Waals surface area contributed by atoms with Crippen LogP contribution in [0.5, 0.6) is 0 Å². The number of benzene rings is 1. The van der Waals surface area contributed by atoms with E-state index < -0.39 is 0 Å². The molecular formula is C17H25NO. The fourth-order valence-electron chi connectivity index (χ4n) is 2.66. The van der Waals surface area contributed by atoms with Crippen molar-refractivity contribution < 1.29 is 4.79 Å². The molecule has 0 spiro atoms. The zero-order chi connectivity index (χ0) is 13.9. The van der Waals surface area contributed by atoms with Crippen LogP contribution in [0.3, 0.4) is 0 Å². The topological polar surface area (TPSA) is 20.3 Å². The standard InChI is InChI=1S/C17H25NO/c1-17(2,3)13-14-7-9-15(10-8-14)16(19)18-11-5-4-6-12-18/h7-10H,4-6,11-13H2,1-3H3. The molecule has 2 rings (SSSR count). The molecule has 0 N–H and O–H groups in total. The van der Waals surface area contributed by atoms with E-state index in [0.717, 1.165) is 37.9 Å². The van der Waals surface area contributed by atoms with Crippen molar-refractivity contribution in [2.24, 2.45) is 5.41 Å². The number of carbonyl (C=O) groups excluding carboxylic acids is 1. The van der Waals surface area contributed by atoms with Gasteiger partial charge in [-0.15, -0.1) is 0 Å². The molecule has 1 aromatic carbocycles. The minimum atomic E-state index is 0.196. The molecular weight excluding hydrogens is 234 g/mol. The van der Waals surface area contributed by atoms with Crippen molar-refractivity contribution in [1.29, 1.82) is 0 Å². The van der Waals surface area contributed by atoms with E-state index in [2.05, 4.69) is 32.9 Å². The van der Waals surface area contributed by atoms with E-state index in [4.69, 9.17) is 0 Å². The first-order valence-corrected chi connectivity index (χ1v) is 7.34. The summed E-state index contributed by atoms with van der Waals surface area (Å²) in [4.78, 5) is 14.3. The van der Waals surface area contributed by atoms with Crippen LogP contribution in [0.15, 0.2) is 24.3 Å². The van der Waals surface area contributed by atoms with E-state index in [0.29, 0.717) is 5.41 Å². The van der Waals surface area contributed by atoms with Gasteiger partial charge in [0.1, 0.15) is 0 Å². The first kappa shape index (κ1) is 14.1. The molecule has 0 atom stereocenters. The van der Waals surface area contributed by atoms with Crippen LogP contribution in [-0.2, 0) is 6.42 Å². The third kappa shape index (κ3) is 4.09. The summed E-state index contributed by atoms with van der Waals surface area (Å²) in [6.45, 7) is 8.55. The number of likely N-dealkylation sites (tertiary alicyclic amines) is 1. The lowest BCUT2D eigenvalue weighted by molar-refractivity contribution is 0.0724. The maximum absolute atomic E-state index is 12.3. The molecule has 0 unspecified atom stereocenters. The Kier molecular flexibility index (Phi) is 4.28. The molecule has 1 heterocycles. The van der Waals surface area contributed by atoms with Gasteiger partial charge in [0, 0.05) is 18.7 Å². The van der Waals surface area contributed by atoms with Crippen molar-refractivity contribution in [3.63, 3.8) is 0 Å². The molecule has 0 bridgehead atoms. The van der Waals surface area contributed by atoms with E-state index >= 15 is 0 Å². The van der Waals surface area contributed by atoms with Crippen LogP contribution < -0.4 is 0 Å². The number of nitrogens with zero attached hydrogens (tertiary/aromatic N) is 1. The number of hydrogen-bond donors (Lipinski definition) is 0. The van der Waals surface area contributed by atoms with Gasteiger partial charge in [-0.25, -0.2) is 0 Å². The average molecular weight is 259 g/mol. The summed E-state index contributed by atoms with van der Waals surface area (Å²) in [5.74, 6) is 0.196. The first-order valence-electron chi connectivity index (χ1n) is 7.34. The second-order valence-electron chi connectivity index (χ2n) is 6.79. The lowest BCUT2D eigenvalue weighted by Gasteiger charge is -2.26. The van der Waals surface area contributed by atoms with Gasteiger partial charge in [-0.2, -0.15) is 0 Å². The third-order valence-electron chi connectivity index (χ3n) is 3.58. The summed E-state index contributed by atoms with van der Waals surface area (Å²) in [7, 11) is 0. The lowest BCUT2D eigenvalue weighted by atomic mass is 9.88. The molecule has 0 aliphatic carbocycles. The van der Waals surface area contributed by atoms with Gasteiger partial charge in [-0.3, -0.25) is 4.79 Å². The Morgan fingerprint density at radius 3 is 2.16 bits per heavy atom. The minimum absolute atomic E-state index is 0.196. The van der Waals surface area contributed by atoms with Crippen molar-refractivity contribution in [1.82, 2.24) is 4.90 Å². The molecule has 1 aliphatic rings. The Morgan fingerprint density at radius 1 is 1.05 bits per heavy atom. The maximum Gasteiger partial charge on any atom is 0.253 e. The van der Waals surface area contributed by atoms with E-state index in [9.17, 15) is 4.79 Å². The molecule has 0 aromatic heterocycles. The van der Waals surface area contributed by atoms with E-state index in [1.54, 1.807) is 0 Å². The molecule has 104 valence electrons. The van der Waals surface area contributed by atoms with Crippen molar-refractivity contribution in [2.75, 3.05) is 13.1 Å². The van der Waals surface area contributed by atoms with Gasteiger partial charge in [0.15, 0.2) is 0 Å². The largest absolute Gasteiger partial charge is 0.339 e. The molecule has 1 aliphatic heterocycles. The predicted molar refractivity (Wildman–Crippen MR) is 79.4 cm³/mol. The summed E-state index contributed by atoms with van der Waals surface area (Å²) in [5.41, 5.74) is 2.43. The van der Waals surface area contributed by atoms with E-state index in [1.165, 1.54) is 12.0 Å². The second kappa shape index (κ2) is 5.77. The molecule has 1 amide bonds. The Morgan fingerprint density at radius 2 is 1.63 bits per heavy atom. The molecule has 2 heteroatoms. The fourth-order valence-corrected chi connectivity index (χ4v) is 2.66. The molecule has 0 saturated carbocycles. The van der Waals surface area contributed by atoms with Gasteiger partial charge in [-0.1, -0.05) is 32.9 Å². The average Bonchev–Trinajstić information content (AvgIpc) is 2.38. The van der Waals surface area contributed by atoms with Crippen LogP contribution >= 0.6 is 0 Å². The summed E-state index contributed by atoms with van der Waals surface area (Å²) >= 11 is 0. The van der Waals surface area contributed by atoms with Crippen LogP contribution in [0.1, 0.15) is 56.0 Å². The summed E-state index contributed by atoms with van der Waals surface area (Å²) in [5, 5.41) is 0. The molecule has 1 saturated heterocycles. The van der Waals surface area contributed by atoms with Gasteiger partial charge in [0.25, 0.3) is 5.91 Å². The highest BCUT2D eigenvalue weighted by Crippen LogP contribution is 2.21. The Balaban J connectivity index is 2.03. The second-order valence-corrected chi connectivity index (χ2v) is 6.79. The fraction of sp³-hybridized carbons (Fsp3) is 0.588. The highest BCUT2D eigenvalue weighted by atomic mass is 16.2. The normalized spacial score (nSPS) is 16.5. The highest BCUT2D eigenvalue weighted by Gasteiger charge is 2.18. The number of hydrogen-bond acceptors (Lipinski definition) is 1. The quantitative estimate of drug-likeness (QED) is 0.788. The monoisotopic (exact) mass is 259 g/mol. The number of rotatable bonds is 2. The van der Waals surface area contributed by atoms with Gasteiger partial charge >= 0.3 is 0 Å². The molecule has 19 heavy (non-hydrogen) atoms.